The summed E-state index contributed by atoms with van der Waals surface area (Å²) in [6, 6.07) is 22.4. The third-order valence-electron chi connectivity index (χ3n) is 5.59. The van der Waals surface area contributed by atoms with Gasteiger partial charge in [0.05, 0.1) is 35.4 Å². The molecule has 32 heavy (non-hydrogen) atoms. The first-order chi connectivity index (χ1) is 15.6. The van der Waals surface area contributed by atoms with Crippen LogP contribution in [0.1, 0.15) is 18.5 Å². The zero-order valence-electron chi connectivity index (χ0n) is 17.6. The van der Waals surface area contributed by atoms with E-state index in [9.17, 15) is 4.79 Å². The number of ether oxygens (including phenoxy) is 1. The Balaban J connectivity index is 1.67. The molecule has 0 saturated heterocycles. The van der Waals surface area contributed by atoms with Crippen LogP contribution >= 0.6 is 11.6 Å². The maximum absolute atomic E-state index is 13.7. The molecule has 0 radical (unpaired) electrons. The molecule has 0 spiro atoms. The average Bonchev–Trinajstić information content (AvgIpc) is 3.16. The Hall–Kier alpha value is -3.77. The number of allylic oxidation sites excluding steroid dienone is 1. The fourth-order valence-corrected chi connectivity index (χ4v) is 4.39. The molecule has 0 aliphatic carbocycles. The Morgan fingerprint density at radius 1 is 1.09 bits per heavy atom. The highest BCUT2D eigenvalue weighted by Crippen LogP contribution is 2.40. The van der Waals surface area contributed by atoms with E-state index in [-0.39, 0.29) is 5.91 Å². The lowest BCUT2D eigenvalue weighted by Crippen LogP contribution is -2.31. The van der Waals surface area contributed by atoms with Gasteiger partial charge in [-0.05, 0) is 48.9 Å². The summed E-state index contributed by atoms with van der Waals surface area (Å²) in [7, 11) is 1.58. The molecular formula is C25H21ClN4O2. The largest absolute Gasteiger partial charge is 0.495 e. The summed E-state index contributed by atoms with van der Waals surface area (Å²) >= 11 is 6.34. The van der Waals surface area contributed by atoms with E-state index < -0.39 is 6.04 Å². The van der Waals surface area contributed by atoms with Gasteiger partial charge in [-0.1, -0.05) is 48.0 Å². The van der Waals surface area contributed by atoms with E-state index in [1.54, 1.807) is 7.11 Å². The van der Waals surface area contributed by atoms with Crippen LogP contribution in [0.2, 0.25) is 5.02 Å². The standard InChI is InChI=1S/C25H21ClN4O2/c1-15-22(24(31)28-19-11-4-6-13-21(19)32-2)23(16-8-7-9-17(26)14-16)30-20-12-5-3-10-18(20)29-25(30)27-15/h3-14,23H,1-2H3,(H,27,29)(H,28,31)/t23-/m1/s1. The zero-order valence-corrected chi connectivity index (χ0v) is 18.4. The van der Waals surface area contributed by atoms with Gasteiger partial charge in [0, 0.05) is 10.7 Å². The van der Waals surface area contributed by atoms with Crippen molar-refractivity contribution in [1.29, 1.82) is 0 Å². The first kappa shape index (κ1) is 20.2. The summed E-state index contributed by atoms with van der Waals surface area (Å²) in [6.07, 6.45) is 0. The molecule has 0 fully saturated rings. The van der Waals surface area contributed by atoms with Crippen LogP contribution in [-0.4, -0.2) is 22.6 Å². The lowest BCUT2D eigenvalue weighted by molar-refractivity contribution is -0.113. The van der Waals surface area contributed by atoms with Gasteiger partial charge < -0.3 is 15.4 Å². The molecule has 6 nitrogen and oxygen atoms in total. The van der Waals surface area contributed by atoms with Gasteiger partial charge in [0.15, 0.2) is 0 Å². The number of fused-ring (bicyclic) bond motifs is 3. The van der Waals surface area contributed by atoms with Crippen LogP contribution in [0.5, 0.6) is 5.75 Å². The highest BCUT2D eigenvalue weighted by molar-refractivity contribution is 6.30. The molecule has 0 saturated carbocycles. The number of hydrogen-bond acceptors (Lipinski definition) is 4. The summed E-state index contributed by atoms with van der Waals surface area (Å²) in [5.41, 5.74) is 4.58. The number of hydrogen-bond donors (Lipinski definition) is 2. The fourth-order valence-electron chi connectivity index (χ4n) is 4.19. The van der Waals surface area contributed by atoms with Crippen molar-refractivity contribution in [3.63, 3.8) is 0 Å². The number of imidazole rings is 1. The van der Waals surface area contributed by atoms with Crippen molar-refractivity contribution < 1.29 is 9.53 Å². The molecule has 2 N–H and O–H groups in total. The third-order valence-corrected chi connectivity index (χ3v) is 5.83. The molecule has 7 heteroatoms. The van der Waals surface area contributed by atoms with Gasteiger partial charge in [-0.25, -0.2) is 4.98 Å². The first-order valence-electron chi connectivity index (χ1n) is 10.2. The van der Waals surface area contributed by atoms with Crippen molar-refractivity contribution in [3.05, 3.63) is 94.7 Å². The maximum Gasteiger partial charge on any atom is 0.255 e. The van der Waals surface area contributed by atoms with Crippen LogP contribution in [0.3, 0.4) is 0 Å². The van der Waals surface area contributed by atoms with Crippen molar-refractivity contribution in [3.8, 4) is 5.75 Å². The number of nitrogens with zero attached hydrogens (tertiary/aromatic N) is 2. The van der Waals surface area contributed by atoms with E-state index in [0.29, 0.717) is 28.0 Å². The van der Waals surface area contributed by atoms with Crippen molar-refractivity contribution >= 4 is 40.2 Å². The second-order valence-corrected chi connectivity index (χ2v) is 8.01. The quantitative estimate of drug-likeness (QED) is 0.428. The van der Waals surface area contributed by atoms with E-state index in [1.807, 2.05) is 84.3 Å². The molecule has 1 aliphatic heterocycles. The Morgan fingerprint density at radius 2 is 1.88 bits per heavy atom. The van der Waals surface area contributed by atoms with Crippen LogP contribution in [0.4, 0.5) is 11.6 Å². The number of amides is 1. The molecule has 1 atom stereocenters. The van der Waals surface area contributed by atoms with Crippen molar-refractivity contribution in [2.24, 2.45) is 0 Å². The molecule has 5 rings (SSSR count). The highest BCUT2D eigenvalue weighted by Gasteiger charge is 2.34. The van der Waals surface area contributed by atoms with E-state index >= 15 is 0 Å². The molecule has 1 amide bonds. The molecule has 0 bridgehead atoms. The van der Waals surface area contributed by atoms with Gasteiger partial charge in [0.1, 0.15) is 5.75 Å². The summed E-state index contributed by atoms with van der Waals surface area (Å²) in [5.74, 6) is 1.05. The number of halogens is 1. The third kappa shape index (κ3) is 3.39. The van der Waals surface area contributed by atoms with Gasteiger partial charge in [-0.3, -0.25) is 9.36 Å². The maximum atomic E-state index is 13.7. The van der Waals surface area contributed by atoms with Crippen LogP contribution in [0, 0.1) is 0 Å². The monoisotopic (exact) mass is 444 g/mol. The van der Waals surface area contributed by atoms with E-state index in [0.717, 1.165) is 22.3 Å². The topological polar surface area (TPSA) is 68.2 Å². The number of para-hydroxylation sites is 4. The Morgan fingerprint density at radius 3 is 2.69 bits per heavy atom. The smallest absolute Gasteiger partial charge is 0.255 e. The molecule has 1 aliphatic rings. The lowest BCUT2D eigenvalue weighted by atomic mass is 9.94. The van der Waals surface area contributed by atoms with Gasteiger partial charge >= 0.3 is 0 Å². The van der Waals surface area contributed by atoms with Crippen molar-refractivity contribution in [2.75, 3.05) is 17.7 Å². The van der Waals surface area contributed by atoms with E-state index in [1.165, 1.54) is 0 Å². The first-order valence-corrected chi connectivity index (χ1v) is 10.6. The molecule has 1 aromatic heterocycles. The van der Waals surface area contributed by atoms with Gasteiger partial charge in [0.2, 0.25) is 5.95 Å². The SMILES string of the molecule is COc1ccccc1NC(=O)C1=C(C)Nc2nc3ccccc3n2[C@@H]1c1cccc(Cl)c1. The molecule has 160 valence electrons. The molecule has 0 unspecified atom stereocenters. The number of methoxy groups -OCH3 is 1. The summed E-state index contributed by atoms with van der Waals surface area (Å²) < 4.78 is 7.46. The number of anilines is 2. The van der Waals surface area contributed by atoms with Crippen LogP contribution in [0.15, 0.2) is 84.1 Å². The van der Waals surface area contributed by atoms with Gasteiger partial charge in [0.25, 0.3) is 5.91 Å². The second kappa shape index (κ2) is 8.05. The number of aromatic nitrogens is 2. The van der Waals surface area contributed by atoms with Crippen molar-refractivity contribution in [1.82, 2.24) is 9.55 Å². The Bertz CT molecular complexity index is 1380. The van der Waals surface area contributed by atoms with Gasteiger partial charge in [-0.15, -0.1) is 0 Å². The lowest BCUT2D eigenvalue weighted by Gasteiger charge is -2.31. The molecular weight excluding hydrogens is 424 g/mol. The van der Waals surface area contributed by atoms with Crippen molar-refractivity contribution in [2.45, 2.75) is 13.0 Å². The van der Waals surface area contributed by atoms with Crippen LogP contribution in [0.25, 0.3) is 11.0 Å². The Labute approximate surface area is 190 Å². The van der Waals surface area contributed by atoms with Gasteiger partial charge in [-0.2, -0.15) is 0 Å². The number of nitrogens with one attached hydrogen (secondary N) is 2. The van der Waals surface area contributed by atoms with Crippen LogP contribution < -0.4 is 15.4 Å². The summed E-state index contributed by atoms with van der Waals surface area (Å²) in [6.45, 7) is 1.89. The fraction of sp³-hybridized carbons (Fsp3) is 0.120. The number of benzene rings is 3. The number of carbonyl (C=O) groups is 1. The zero-order chi connectivity index (χ0) is 22.2. The summed E-state index contributed by atoms with van der Waals surface area (Å²) in [5, 5.41) is 6.94. The average molecular weight is 445 g/mol. The van der Waals surface area contributed by atoms with E-state index in [2.05, 4.69) is 10.6 Å². The number of carbonyl (C=O) groups excluding carboxylic acids is 1. The predicted molar refractivity (Wildman–Crippen MR) is 127 cm³/mol. The minimum atomic E-state index is -0.410. The molecule has 4 aromatic rings. The number of rotatable bonds is 4. The van der Waals surface area contributed by atoms with E-state index in [4.69, 9.17) is 21.3 Å². The molecule has 2 heterocycles. The minimum Gasteiger partial charge on any atom is -0.495 e. The highest BCUT2D eigenvalue weighted by atomic mass is 35.5. The summed E-state index contributed by atoms with van der Waals surface area (Å²) in [4.78, 5) is 18.4. The normalized spacial score (nSPS) is 15.3. The predicted octanol–water partition coefficient (Wildman–Crippen LogP) is 5.63. The second-order valence-electron chi connectivity index (χ2n) is 7.57. The molecule has 3 aromatic carbocycles. The van der Waals surface area contributed by atoms with Crippen LogP contribution in [-0.2, 0) is 4.79 Å². The Kier molecular flexibility index (Phi) is 5.07. The minimum absolute atomic E-state index is 0.229.